The van der Waals surface area contributed by atoms with Gasteiger partial charge in [0.15, 0.2) is 4.34 Å². The van der Waals surface area contributed by atoms with E-state index in [-0.39, 0.29) is 0 Å². The Hall–Kier alpha value is -0.260. The van der Waals surface area contributed by atoms with Crippen molar-refractivity contribution >= 4 is 22.1 Å². The lowest BCUT2D eigenvalue weighted by Gasteiger charge is -2.07. The molecule has 2 heterocycles. The van der Waals surface area contributed by atoms with Gasteiger partial charge in [-0.25, -0.2) is 4.98 Å². The van der Waals surface area contributed by atoms with Crippen LogP contribution in [-0.2, 0) is 10.8 Å². The summed E-state index contributed by atoms with van der Waals surface area (Å²) in [5, 5.41) is 5.20. The molecule has 0 aromatic carbocycles. The van der Waals surface area contributed by atoms with E-state index >= 15 is 0 Å². The SMILES string of the molecule is O=[S@](C[C@H]1CCCN1)c1nccs1. The molecule has 1 aromatic rings. The van der Waals surface area contributed by atoms with Crippen molar-refractivity contribution in [3.8, 4) is 0 Å². The Balaban J connectivity index is 1.91. The number of rotatable bonds is 3. The molecule has 1 N–H and O–H groups in total. The van der Waals surface area contributed by atoms with Crippen LogP contribution in [0, 0.1) is 0 Å². The standard InChI is InChI=1S/C8H12N2OS2/c11-13(8-10-4-5-12-8)6-7-2-1-3-9-7/h4-5,7,9H,1-3,6H2/t7-,13-/m1/s1. The molecule has 1 aliphatic rings. The number of nitrogens with one attached hydrogen (secondary N) is 1. The molecule has 2 rings (SSSR count). The lowest BCUT2D eigenvalue weighted by molar-refractivity contribution is 0.643. The molecule has 0 unspecified atom stereocenters. The second kappa shape index (κ2) is 4.30. The van der Waals surface area contributed by atoms with Gasteiger partial charge in [-0.15, -0.1) is 11.3 Å². The summed E-state index contributed by atoms with van der Waals surface area (Å²) in [5.41, 5.74) is 0. The van der Waals surface area contributed by atoms with Crippen molar-refractivity contribution in [3.05, 3.63) is 11.6 Å². The Kier molecular flexibility index (Phi) is 3.08. The van der Waals surface area contributed by atoms with Gasteiger partial charge in [-0.3, -0.25) is 4.21 Å². The van der Waals surface area contributed by atoms with E-state index in [0.717, 1.165) is 17.3 Å². The van der Waals surface area contributed by atoms with Crippen LogP contribution in [0.25, 0.3) is 0 Å². The molecule has 13 heavy (non-hydrogen) atoms. The van der Waals surface area contributed by atoms with Crippen LogP contribution in [0.5, 0.6) is 0 Å². The van der Waals surface area contributed by atoms with Crippen LogP contribution in [0.2, 0.25) is 0 Å². The highest BCUT2D eigenvalue weighted by Gasteiger charge is 2.18. The topological polar surface area (TPSA) is 42.0 Å². The van der Waals surface area contributed by atoms with Gasteiger partial charge >= 0.3 is 0 Å². The fraction of sp³-hybridized carbons (Fsp3) is 0.625. The highest BCUT2D eigenvalue weighted by atomic mass is 32.2. The van der Waals surface area contributed by atoms with E-state index in [0.29, 0.717) is 11.8 Å². The predicted molar refractivity (Wildman–Crippen MR) is 54.4 cm³/mol. The molecule has 0 saturated carbocycles. The summed E-state index contributed by atoms with van der Waals surface area (Å²) in [7, 11) is -0.897. The third-order valence-corrected chi connectivity index (χ3v) is 4.73. The molecule has 1 aromatic heterocycles. The molecule has 0 spiro atoms. The van der Waals surface area contributed by atoms with Crippen LogP contribution < -0.4 is 5.32 Å². The molecule has 0 radical (unpaired) electrons. The Labute approximate surface area is 84.0 Å². The van der Waals surface area contributed by atoms with Gasteiger partial charge < -0.3 is 5.32 Å². The molecular weight excluding hydrogens is 204 g/mol. The largest absolute Gasteiger partial charge is 0.313 e. The monoisotopic (exact) mass is 216 g/mol. The summed E-state index contributed by atoms with van der Waals surface area (Å²) < 4.78 is 12.4. The van der Waals surface area contributed by atoms with Crippen LogP contribution in [0.1, 0.15) is 12.8 Å². The molecular formula is C8H12N2OS2. The summed E-state index contributed by atoms with van der Waals surface area (Å²) in [6.45, 7) is 1.07. The van der Waals surface area contributed by atoms with Gasteiger partial charge in [0, 0.05) is 23.4 Å². The minimum absolute atomic E-state index is 0.435. The second-order valence-corrected chi connectivity index (χ2v) is 5.67. The molecule has 72 valence electrons. The molecule has 5 heteroatoms. The van der Waals surface area contributed by atoms with Gasteiger partial charge in [0.1, 0.15) is 0 Å². The zero-order valence-corrected chi connectivity index (χ0v) is 8.87. The Morgan fingerprint density at radius 3 is 3.31 bits per heavy atom. The van der Waals surface area contributed by atoms with Gasteiger partial charge in [-0.05, 0) is 19.4 Å². The van der Waals surface area contributed by atoms with Crippen molar-refractivity contribution in [1.29, 1.82) is 0 Å². The molecule has 1 saturated heterocycles. The number of hydrogen-bond acceptors (Lipinski definition) is 4. The summed E-state index contributed by atoms with van der Waals surface area (Å²) in [4.78, 5) is 4.05. The maximum atomic E-state index is 11.7. The maximum absolute atomic E-state index is 11.7. The van der Waals surface area contributed by atoms with Crippen LogP contribution in [0.3, 0.4) is 0 Å². The zero-order chi connectivity index (χ0) is 9.10. The molecule has 0 bridgehead atoms. The lowest BCUT2D eigenvalue weighted by Crippen LogP contribution is -2.27. The maximum Gasteiger partial charge on any atom is 0.180 e. The number of nitrogens with zero attached hydrogens (tertiary/aromatic N) is 1. The second-order valence-electron chi connectivity index (χ2n) is 3.10. The van der Waals surface area contributed by atoms with Crippen molar-refractivity contribution in [3.63, 3.8) is 0 Å². The summed E-state index contributed by atoms with van der Waals surface area (Å²) in [6.07, 6.45) is 4.07. The average molecular weight is 216 g/mol. The first-order chi connectivity index (χ1) is 6.36. The number of aromatic nitrogens is 1. The predicted octanol–water partition coefficient (Wildman–Crippen LogP) is 1.00. The molecule has 1 fully saturated rings. The Morgan fingerprint density at radius 1 is 1.77 bits per heavy atom. The molecule has 0 aliphatic carbocycles. The quantitative estimate of drug-likeness (QED) is 0.819. The van der Waals surface area contributed by atoms with Crippen molar-refractivity contribution in [1.82, 2.24) is 10.3 Å². The fourth-order valence-corrected chi connectivity index (χ4v) is 3.61. The summed E-state index contributed by atoms with van der Waals surface area (Å²) in [5.74, 6) is 0.716. The fourth-order valence-electron chi connectivity index (χ4n) is 1.48. The molecule has 3 nitrogen and oxygen atoms in total. The highest BCUT2D eigenvalue weighted by Crippen LogP contribution is 2.13. The molecule has 2 atom stereocenters. The normalized spacial score (nSPS) is 24.8. The van der Waals surface area contributed by atoms with Gasteiger partial charge in [0.05, 0.1) is 10.8 Å². The van der Waals surface area contributed by atoms with Gasteiger partial charge in [-0.1, -0.05) is 0 Å². The van der Waals surface area contributed by atoms with Crippen LogP contribution >= 0.6 is 11.3 Å². The minimum Gasteiger partial charge on any atom is -0.313 e. The van der Waals surface area contributed by atoms with Crippen LogP contribution in [0.4, 0.5) is 0 Å². The van der Waals surface area contributed by atoms with E-state index < -0.39 is 10.8 Å². The minimum atomic E-state index is -0.897. The van der Waals surface area contributed by atoms with Crippen LogP contribution in [-0.4, -0.2) is 27.5 Å². The van der Waals surface area contributed by atoms with E-state index in [2.05, 4.69) is 10.3 Å². The van der Waals surface area contributed by atoms with E-state index in [1.54, 1.807) is 6.20 Å². The van der Waals surface area contributed by atoms with E-state index in [1.165, 1.54) is 17.8 Å². The first kappa shape index (κ1) is 9.30. The third-order valence-electron chi connectivity index (χ3n) is 2.12. The molecule has 1 aliphatic heterocycles. The summed E-state index contributed by atoms with van der Waals surface area (Å²) >= 11 is 1.48. The number of hydrogen-bond donors (Lipinski definition) is 1. The van der Waals surface area contributed by atoms with Gasteiger partial charge in [0.25, 0.3) is 0 Å². The van der Waals surface area contributed by atoms with Crippen molar-refractivity contribution < 1.29 is 4.21 Å². The van der Waals surface area contributed by atoms with E-state index in [9.17, 15) is 4.21 Å². The van der Waals surface area contributed by atoms with E-state index in [4.69, 9.17) is 0 Å². The van der Waals surface area contributed by atoms with Crippen molar-refractivity contribution in [2.45, 2.75) is 23.2 Å². The average Bonchev–Trinajstić information content (AvgIpc) is 2.74. The smallest absolute Gasteiger partial charge is 0.180 e. The molecule has 0 amide bonds. The Bertz CT molecular complexity index is 280. The first-order valence-corrected chi connectivity index (χ1v) is 6.57. The van der Waals surface area contributed by atoms with Gasteiger partial charge in [-0.2, -0.15) is 0 Å². The third kappa shape index (κ3) is 2.36. The number of thiazole rings is 1. The lowest BCUT2D eigenvalue weighted by atomic mass is 10.3. The van der Waals surface area contributed by atoms with E-state index in [1.807, 2.05) is 5.38 Å². The highest BCUT2D eigenvalue weighted by molar-refractivity contribution is 7.87. The van der Waals surface area contributed by atoms with Gasteiger partial charge in [0.2, 0.25) is 0 Å². The Morgan fingerprint density at radius 2 is 2.69 bits per heavy atom. The van der Waals surface area contributed by atoms with Crippen LogP contribution in [0.15, 0.2) is 15.9 Å². The van der Waals surface area contributed by atoms with Crippen molar-refractivity contribution in [2.75, 3.05) is 12.3 Å². The van der Waals surface area contributed by atoms with Crippen molar-refractivity contribution in [2.24, 2.45) is 0 Å². The summed E-state index contributed by atoms with van der Waals surface area (Å²) in [6, 6.07) is 0.435. The zero-order valence-electron chi connectivity index (χ0n) is 7.23. The first-order valence-electron chi connectivity index (χ1n) is 4.37.